The Morgan fingerprint density at radius 1 is 1.26 bits per heavy atom. The summed E-state index contributed by atoms with van der Waals surface area (Å²) in [6, 6.07) is 8.08. The van der Waals surface area contributed by atoms with Gasteiger partial charge in [-0.15, -0.1) is 0 Å². The predicted molar refractivity (Wildman–Crippen MR) is 144 cm³/mol. The van der Waals surface area contributed by atoms with E-state index < -0.39 is 6.43 Å². The summed E-state index contributed by atoms with van der Waals surface area (Å²) in [7, 11) is 1.36. The minimum Gasteiger partial charge on any atom is -0.404 e. The Kier molecular flexibility index (Phi) is 13.9. The molecule has 192 valence electrons. The zero-order valence-corrected chi connectivity index (χ0v) is 21.9. The van der Waals surface area contributed by atoms with Gasteiger partial charge in [-0.1, -0.05) is 51.5 Å². The van der Waals surface area contributed by atoms with Crippen molar-refractivity contribution in [1.82, 2.24) is 14.9 Å². The molecule has 0 saturated heterocycles. The number of para-hydroxylation sites is 1. The minimum absolute atomic E-state index is 0.280. The second-order valence-electron chi connectivity index (χ2n) is 7.87. The number of benzene rings is 1. The number of nitrogens with zero attached hydrogens (tertiary/aromatic N) is 4. The highest BCUT2D eigenvalue weighted by atomic mass is 19.3. The van der Waals surface area contributed by atoms with Gasteiger partial charge in [-0.05, 0) is 31.9 Å². The van der Waals surface area contributed by atoms with Gasteiger partial charge >= 0.3 is 0 Å². The average Bonchev–Trinajstić information content (AvgIpc) is 3.31. The van der Waals surface area contributed by atoms with Crippen molar-refractivity contribution in [1.29, 1.82) is 0 Å². The highest BCUT2D eigenvalue weighted by Gasteiger charge is 2.26. The summed E-state index contributed by atoms with van der Waals surface area (Å²) in [6.45, 7) is 11.5. The molecule has 0 saturated carbocycles. The van der Waals surface area contributed by atoms with Crippen LogP contribution in [0.4, 0.5) is 14.5 Å². The van der Waals surface area contributed by atoms with Gasteiger partial charge in [0.1, 0.15) is 5.71 Å². The second-order valence-corrected chi connectivity index (χ2v) is 7.87. The van der Waals surface area contributed by atoms with Gasteiger partial charge in [0.15, 0.2) is 0 Å². The smallest absolute Gasteiger partial charge is 0.280 e. The molecule has 35 heavy (non-hydrogen) atoms. The molecule has 1 aliphatic heterocycles. The number of halogens is 2. The quantitative estimate of drug-likeness (QED) is 0.367. The number of nitrogens with one attached hydrogen (secondary N) is 1. The SMILES string of the molecule is CC/C=C(\C(=C\N)C(=NC)C(F)F)N1CCc2nc[nH]c2C1.CC=Nc1ccccc1C.CCC. The Hall–Kier alpha value is -3.29. The van der Waals surface area contributed by atoms with Crippen LogP contribution in [-0.2, 0) is 13.0 Å². The molecular weight excluding hydrogens is 446 g/mol. The topological polar surface area (TPSA) is 82.7 Å². The minimum atomic E-state index is -2.66. The maximum Gasteiger partial charge on any atom is 0.280 e. The number of rotatable bonds is 6. The van der Waals surface area contributed by atoms with Crippen molar-refractivity contribution in [2.45, 2.75) is 66.9 Å². The molecule has 1 aromatic carbocycles. The normalized spacial score (nSPS) is 14.3. The number of nitrogens with two attached hydrogens (primary N) is 1. The lowest BCUT2D eigenvalue weighted by Gasteiger charge is -2.32. The molecule has 0 aliphatic carbocycles. The molecule has 3 rings (SSSR count). The standard InChI is InChI=1S/C15H21F2N5.C9H11N.C3H8/c1-3-4-13(10(7-18)14(19-2)15(16)17)22-6-5-11-12(8-22)21-9-20-11;1-3-10-9-7-5-4-6-8(9)2;1-3-2/h4,7,9,15H,3,5-6,8,18H2,1-2H3,(H,20,21);3-7H,1-2H3;3H2,1-2H3/b10-7-,13-4+,19-14?;;. The predicted octanol–water partition coefficient (Wildman–Crippen LogP) is 6.37. The van der Waals surface area contributed by atoms with Crippen LogP contribution in [-0.4, -0.2) is 46.8 Å². The summed E-state index contributed by atoms with van der Waals surface area (Å²) >= 11 is 0. The molecule has 0 unspecified atom stereocenters. The summed E-state index contributed by atoms with van der Waals surface area (Å²) in [4.78, 5) is 17.3. The Balaban J connectivity index is 0.000000391. The monoisotopic (exact) mass is 486 g/mol. The molecule has 2 aromatic rings. The van der Waals surface area contributed by atoms with E-state index in [0.717, 1.165) is 29.9 Å². The second kappa shape index (κ2) is 16.4. The first-order chi connectivity index (χ1) is 16.9. The Labute approximate surface area is 208 Å². The number of imidazole rings is 1. The molecule has 1 aliphatic rings. The molecule has 8 heteroatoms. The van der Waals surface area contributed by atoms with Crippen LogP contribution in [0.3, 0.4) is 0 Å². The molecule has 0 spiro atoms. The van der Waals surface area contributed by atoms with Gasteiger partial charge in [-0.3, -0.25) is 9.98 Å². The van der Waals surface area contributed by atoms with E-state index in [1.807, 2.05) is 49.2 Å². The highest BCUT2D eigenvalue weighted by molar-refractivity contribution is 6.05. The molecule has 0 bridgehead atoms. The van der Waals surface area contributed by atoms with Crippen LogP contribution in [0.2, 0.25) is 0 Å². The number of aromatic nitrogens is 2. The lowest BCUT2D eigenvalue weighted by molar-refractivity contribution is 0.225. The van der Waals surface area contributed by atoms with E-state index in [1.165, 1.54) is 25.2 Å². The summed E-state index contributed by atoms with van der Waals surface area (Å²) in [5.74, 6) is 0. The zero-order valence-electron chi connectivity index (χ0n) is 21.9. The van der Waals surface area contributed by atoms with E-state index in [4.69, 9.17) is 5.73 Å². The van der Waals surface area contributed by atoms with Crippen LogP contribution in [0.15, 0.2) is 64.1 Å². The summed E-state index contributed by atoms with van der Waals surface area (Å²) < 4.78 is 26.4. The lowest BCUT2D eigenvalue weighted by Crippen LogP contribution is -2.33. The van der Waals surface area contributed by atoms with E-state index in [9.17, 15) is 8.78 Å². The van der Waals surface area contributed by atoms with E-state index in [1.54, 1.807) is 6.33 Å². The van der Waals surface area contributed by atoms with Crippen LogP contribution >= 0.6 is 0 Å². The number of hydrogen-bond acceptors (Lipinski definition) is 5. The van der Waals surface area contributed by atoms with Crippen molar-refractivity contribution < 1.29 is 8.78 Å². The number of alkyl halides is 2. The first kappa shape index (κ1) is 29.7. The summed E-state index contributed by atoms with van der Waals surface area (Å²) in [5, 5.41) is 0. The molecule has 2 heterocycles. The molecule has 3 N–H and O–H groups in total. The van der Waals surface area contributed by atoms with Crippen LogP contribution < -0.4 is 5.73 Å². The summed E-state index contributed by atoms with van der Waals surface area (Å²) in [6.07, 6.45) is 6.68. The summed E-state index contributed by atoms with van der Waals surface area (Å²) in [5.41, 5.74) is 10.7. The van der Waals surface area contributed by atoms with E-state index in [0.29, 0.717) is 24.4 Å². The number of aliphatic imine (C=N–C) groups is 2. The Morgan fingerprint density at radius 3 is 2.49 bits per heavy atom. The van der Waals surface area contributed by atoms with Gasteiger partial charge in [-0.25, -0.2) is 13.8 Å². The van der Waals surface area contributed by atoms with Crippen molar-refractivity contribution in [3.63, 3.8) is 0 Å². The van der Waals surface area contributed by atoms with Gasteiger partial charge < -0.3 is 15.6 Å². The number of fused-ring (bicyclic) bond motifs is 1. The number of hydrogen-bond donors (Lipinski definition) is 2. The number of allylic oxidation sites excluding steroid dienone is 2. The van der Waals surface area contributed by atoms with Gasteiger partial charge in [0.2, 0.25) is 0 Å². The van der Waals surface area contributed by atoms with Gasteiger partial charge in [0.05, 0.1) is 29.9 Å². The zero-order chi connectivity index (χ0) is 26.2. The Morgan fingerprint density at radius 2 is 1.94 bits per heavy atom. The maximum atomic E-state index is 13.2. The van der Waals surface area contributed by atoms with E-state index in [2.05, 4.69) is 46.8 Å². The fraction of sp³-hybridized carbons (Fsp3) is 0.444. The molecule has 0 atom stereocenters. The number of aryl methyl sites for hydroxylation is 1. The van der Waals surface area contributed by atoms with Crippen LogP contribution in [0.1, 0.15) is 57.5 Å². The van der Waals surface area contributed by atoms with E-state index in [-0.39, 0.29) is 5.71 Å². The van der Waals surface area contributed by atoms with Crippen LogP contribution in [0.5, 0.6) is 0 Å². The fourth-order valence-corrected chi connectivity index (χ4v) is 3.51. The highest BCUT2D eigenvalue weighted by Crippen LogP contribution is 2.26. The van der Waals surface area contributed by atoms with Crippen molar-refractivity contribution in [2.24, 2.45) is 15.7 Å². The Bertz CT molecular complexity index is 1000. The molecule has 0 fully saturated rings. The van der Waals surface area contributed by atoms with Crippen molar-refractivity contribution >= 4 is 17.6 Å². The maximum absolute atomic E-state index is 13.2. The van der Waals surface area contributed by atoms with Crippen molar-refractivity contribution in [3.8, 4) is 0 Å². The van der Waals surface area contributed by atoms with E-state index >= 15 is 0 Å². The first-order valence-electron chi connectivity index (χ1n) is 12.1. The molecule has 0 radical (unpaired) electrons. The van der Waals surface area contributed by atoms with Gasteiger partial charge in [0, 0.05) is 43.7 Å². The van der Waals surface area contributed by atoms with Crippen molar-refractivity contribution in [3.05, 3.63) is 71.1 Å². The molecule has 1 aromatic heterocycles. The third-order valence-corrected chi connectivity index (χ3v) is 5.06. The first-order valence-corrected chi connectivity index (χ1v) is 12.1. The number of H-pyrrole nitrogens is 1. The van der Waals surface area contributed by atoms with Crippen LogP contribution in [0.25, 0.3) is 0 Å². The third kappa shape index (κ3) is 9.11. The largest absolute Gasteiger partial charge is 0.404 e. The number of aromatic amines is 1. The van der Waals surface area contributed by atoms with Crippen molar-refractivity contribution in [2.75, 3.05) is 13.6 Å². The molecular formula is C27H40F2N6. The lowest BCUT2D eigenvalue weighted by atomic mass is 10.0. The van der Waals surface area contributed by atoms with Crippen LogP contribution in [0, 0.1) is 6.92 Å². The fourth-order valence-electron chi connectivity index (χ4n) is 3.51. The molecule has 0 amide bonds. The molecule has 6 nitrogen and oxygen atoms in total. The van der Waals surface area contributed by atoms with Gasteiger partial charge in [0.25, 0.3) is 6.43 Å². The third-order valence-electron chi connectivity index (χ3n) is 5.06. The van der Waals surface area contributed by atoms with Gasteiger partial charge in [-0.2, -0.15) is 0 Å². The average molecular weight is 487 g/mol.